The quantitative estimate of drug-likeness (QED) is 0.810. The molecule has 18 heavy (non-hydrogen) atoms. The molecule has 0 radical (unpaired) electrons. The largest absolute Gasteiger partial charge is 0.309 e. The molecule has 2 nitrogen and oxygen atoms in total. The van der Waals surface area contributed by atoms with Crippen molar-refractivity contribution >= 4 is 43.2 Å². The van der Waals surface area contributed by atoms with E-state index in [4.69, 9.17) is 0 Å². The first-order valence-electron chi connectivity index (χ1n) is 5.76. The Balaban J connectivity index is 2.14. The highest BCUT2D eigenvalue weighted by molar-refractivity contribution is 9.10. The van der Waals surface area contributed by atoms with Gasteiger partial charge in [0.1, 0.15) is 0 Å². The topological polar surface area (TPSA) is 24.9 Å². The maximum absolute atomic E-state index is 4.48. The van der Waals surface area contributed by atoms with Gasteiger partial charge in [0.15, 0.2) is 0 Å². The molecule has 0 bridgehead atoms. The first kappa shape index (κ1) is 14.2. The van der Waals surface area contributed by atoms with Crippen molar-refractivity contribution in [3.8, 4) is 0 Å². The van der Waals surface area contributed by atoms with E-state index in [0.717, 1.165) is 27.6 Å². The van der Waals surface area contributed by atoms with Gasteiger partial charge in [-0.25, -0.2) is 0 Å². The zero-order chi connectivity index (χ0) is 13.0. The summed E-state index contributed by atoms with van der Waals surface area (Å²) < 4.78 is 2.17. The minimum atomic E-state index is 0.272. The predicted molar refractivity (Wildman–Crippen MR) is 84.1 cm³/mol. The van der Waals surface area contributed by atoms with Gasteiger partial charge in [-0.3, -0.25) is 4.98 Å². The van der Waals surface area contributed by atoms with E-state index in [-0.39, 0.29) is 6.04 Å². The molecule has 1 atom stereocenters. The summed E-state index contributed by atoms with van der Waals surface area (Å²) in [5.74, 6) is 0. The fourth-order valence-electron chi connectivity index (χ4n) is 1.78. The third-order valence-corrected chi connectivity index (χ3v) is 4.77. The maximum atomic E-state index is 4.48. The van der Waals surface area contributed by atoms with Crippen molar-refractivity contribution in [1.82, 2.24) is 10.3 Å². The molecule has 96 valence electrons. The van der Waals surface area contributed by atoms with Gasteiger partial charge in [-0.2, -0.15) is 0 Å². The standard InChI is InChI=1S/C13H14Br2N2S/c1-2-16-13(6-11-5-10(15)8-18-11)12-4-3-9(14)7-17-12/h3-5,7-8,13,16H,2,6H2,1H3. The van der Waals surface area contributed by atoms with Crippen molar-refractivity contribution in [2.45, 2.75) is 19.4 Å². The Hall–Kier alpha value is -0.230. The van der Waals surface area contributed by atoms with Crippen LogP contribution in [0, 0.1) is 0 Å². The van der Waals surface area contributed by atoms with Crippen LogP contribution in [0.1, 0.15) is 23.5 Å². The van der Waals surface area contributed by atoms with Crippen molar-refractivity contribution in [3.63, 3.8) is 0 Å². The predicted octanol–water partition coefficient (Wildman–Crippen LogP) is 4.56. The summed E-state index contributed by atoms with van der Waals surface area (Å²) in [6.45, 7) is 3.06. The van der Waals surface area contributed by atoms with Gasteiger partial charge in [-0.15, -0.1) is 11.3 Å². The molecule has 5 heteroatoms. The number of pyridine rings is 1. The second kappa shape index (κ2) is 6.80. The highest BCUT2D eigenvalue weighted by Gasteiger charge is 2.13. The third-order valence-electron chi connectivity index (χ3n) is 2.58. The number of hydrogen-bond donors (Lipinski definition) is 1. The summed E-state index contributed by atoms with van der Waals surface area (Å²) in [5, 5.41) is 5.61. The van der Waals surface area contributed by atoms with Gasteiger partial charge in [0.05, 0.1) is 11.7 Å². The molecule has 0 saturated heterocycles. The van der Waals surface area contributed by atoms with E-state index in [1.165, 1.54) is 4.88 Å². The lowest BCUT2D eigenvalue weighted by molar-refractivity contribution is 0.540. The van der Waals surface area contributed by atoms with Crippen LogP contribution in [0.25, 0.3) is 0 Å². The van der Waals surface area contributed by atoms with Gasteiger partial charge in [-0.05, 0) is 56.6 Å². The average Bonchev–Trinajstić information content (AvgIpc) is 2.75. The molecule has 0 aliphatic heterocycles. The fourth-order valence-corrected chi connectivity index (χ4v) is 3.52. The zero-order valence-corrected chi connectivity index (χ0v) is 14.0. The summed E-state index contributed by atoms with van der Waals surface area (Å²) in [6.07, 6.45) is 2.82. The van der Waals surface area contributed by atoms with Crippen LogP contribution in [-0.2, 0) is 6.42 Å². The van der Waals surface area contributed by atoms with Crippen molar-refractivity contribution in [3.05, 3.63) is 49.3 Å². The minimum Gasteiger partial charge on any atom is -0.309 e. The van der Waals surface area contributed by atoms with Gasteiger partial charge in [-0.1, -0.05) is 6.92 Å². The molecule has 2 aromatic rings. The summed E-state index contributed by atoms with van der Waals surface area (Å²) >= 11 is 8.69. The van der Waals surface area contributed by atoms with Gasteiger partial charge >= 0.3 is 0 Å². The van der Waals surface area contributed by atoms with Gasteiger partial charge in [0.2, 0.25) is 0 Å². The Bertz CT molecular complexity index is 496. The monoisotopic (exact) mass is 388 g/mol. The molecule has 0 aliphatic carbocycles. The number of halogens is 2. The molecule has 0 fully saturated rings. The Labute approximate surface area is 128 Å². The molecule has 0 aromatic carbocycles. The van der Waals surface area contributed by atoms with Crippen LogP contribution in [0.2, 0.25) is 0 Å². The first-order valence-corrected chi connectivity index (χ1v) is 8.23. The lowest BCUT2D eigenvalue weighted by atomic mass is 10.1. The van der Waals surface area contributed by atoms with Crippen molar-refractivity contribution < 1.29 is 0 Å². The van der Waals surface area contributed by atoms with Crippen molar-refractivity contribution in [1.29, 1.82) is 0 Å². The van der Waals surface area contributed by atoms with E-state index >= 15 is 0 Å². The number of nitrogens with zero attached hydrogens (tertiary/aromatic N) is 1. The van der Waals surface area contributed by atoms with E-state index in [1.807, 2.05) is 12.3 Å². The average molecular weight is 390 g/mol. The molecular weight excluding hydrogens is 376 g/mol. The van der Waals surface area contributed by atoms with Crippen LogP contribution in [0.15, 0.2) is 38.7 Å². The molecule has 1 unspecified atom stereocenters. The Morgan fingerprint density at radius 2 is 2.17 bits per heavy atom. The second-order valence-corrected chi connectivity index (χ2v) is 6.77. The summed E-state index contributed by atoms with van der Waals surface area (Å²) in [4.78, 5) is 5.84. The smallest absolute Gasteiger partial charge is 0.0577 e. The number of rotatable bonds is 5. The fraction of sp³-hybridized carbons (Fsp3) is 0.308. The summed E-state index contributed by atoms with van der Waals surface area (Å²) in [7, 11) is 0. The van der Waals surface area contributed by atoms with Crippen molar-refractivity contribution in [2.24, 2.45) is 0 Å². The Kier molecular flexibility index (Phi) is 5.36. The van der Waals surface area contributed by atoms with Crippen LogP contribution < -0.4 is 5.32 Å². The van der Waals surface area contributed by atoms with E-state index in [1.54, 1.807) is 11.3 Å². The number of nitrogens with one attached hydrogen (secondary N) is 1. The van der Waals surface area contributed by atoms with E-state index in [9.17, 15) is 0 Å². The van der Waals surface area contributed by atoms with E-state index in [2.05, 4.69) is 66.6 Å². The van der Waals surface area contributed by atoms with Crippen LogP contribution in [0.5, 0.6) is 0 Å². The zero-order valence-electron chi connectivity index (χ0n) is 9.99. The molecular formula is C13H14Br2N2S. The van der Waals surface area contributed by atoms with Crippen LogP contribution in [0.3, 0.4) is 0 Å². The molecule has 2 aromatic heterocycles. The van der Waals surface area contributed by atoms with Crippen LogP contribution >= 0.6 is 43.2 Å². The highest BCUT2D eigenvalue weighted by Crippen LogP contribution is 2.25. The molecule has 2 heterocycles. The van der Waals surface area contributed by atoms with Crippen LogP contribution in [-0.4, -0.2) is 11.5 Å². The molecule has 0 amide bonds. The molecule has 2 rings (SSSR count). The third kappa shape index (κ3) is 3.88. The van der Waals surface area contributed by atoms with E-state index in [0.29, 0.717) is 0 Å². The second-order valence-electron chi connectivity index (χ2n) is 3.95. The molecule has 1 N–H and O–H groups in total. The Morgan fingerprint density at radius 3 is 2.72 bits per heavy atom. The summed E-state index contributed by atoms with van der Waals surface area (Å²) in [5.41, 5.74) is 1.09. The van der Waals surface area contributed by atoms with Crippen molar-refractivity contribution in [2.75, 3.05) is 6.54 Å². The normalized spacial score (nSPS) is 12.6. The summed E-state index contributed by atoms with van der Waals surface area (Å²) in [6, 6.07) is 6.55. The van der Waals surface area contributed by atoms with Gasteiger partial charge in [0.25, 0.3) is 0 Å². The lowest BCUT2D eigenvalue weighted by Crippen LogP contribution is -2.23. The highest BCUT2D eigenvalue weighted by atomic mass is 79.9. The number of likely N-dealkylation sites (N-methyl/N-ethyl adjacent to an activating group) is 1. The maximum Gasteiger partial charge on any atom is 0.0577 e. The first-order chi connectivity index (χ1) is 8.69. The molecule has 0 aliphatic rings. The number of hydrogen-bond acceptors (Lipinski definition) is 3. The van der Waals surface area contributed by atoms with Crippen LogP contribution in [0.4, 0.5) is 0 Å². The number of aromatic nitrogens is 1. The lowest BCUT2D eigenvalue weighted by Gasteiger charge is -2.16. The molecule has 0 spiro atoms. The minimum absolute atomic E-state index is 0.272. The van der Waals surface area contributed by atoms with Gasteiger partial charge < -0.3 is 5.32 Å². The Morgan fingerprint density at radius 1 is 1.33 bits per heavy atom. The number of thiophene rings is 1. The van der Waals surface area contributed by atoms with E-state index < -0.39 is 0 Å². The van der Waals surface area contributed by atoms with Gasteiger partial charge in [0, 0.05) is 31.8 Å². The SMILES string of the molecule is CCNC(Cc1cc(Br)cs1)c1ccc(Br)cn1. The molecule has 0 saturated carbocycles.